The van der Waals surface area contributed by atoms with Crippen LogP contribution in [0.2, 0.25) is 0 Å². The van der Waals surface area contributed by atoms with Gasteiger partial charge in [0, 0.05) is 18.6 Å². The van der Waals surface area contributed by atoms with Crippen molar-refractivity contribution in [3.63, 3.8) is 0 Å². The standard InChI is InChI=1S/C18H20FNO2/c1-22-18(21)17-15-9-14-6-7-16(17)20(14)10-12(15)8-11-2-4-13(19)5-3-11/h2-5,8,14-17H,6-7,9-10H2,1H3/b12-8-/t14?,15?,16?,17-/m0/s1. The molecule has 1 aromatic rings. The van der Waals surface area contributed by atoms with E-state index >= 15 is 0 Å². The predicted octanol–water partition coefficient (Wildman–Crippen LogP) is 2.86. The first-order valence-corrected chi connectivity index (χ1v) is 7.97. The largest absolute Gasteiger partial charge is 0.469 e. The lowest BCUT2D eigenvalue weighted by Gasteiger charge is -2.50. The SMILES string of the molecule is COC(=O)[C@H]1C2CC3CCC1N3C/C2=C/c1ccc(F)cc1. The van der Waals surface area contributed by atoms with Crippen LogP contribution in [-0.4, -0.2) is 36.6 Å². The van der Waals surface area contributed by atoms with Crippen molar-refractivity contribution in [2.75, 3.05) is 13.7 Å². The molecule has 4 unspecified atom stereocenters. The summed E-state index contributed by atoms with van der Waals surface area (Å²) >= 11 is 0. The van der Waals surface area contributed by atoms with Crippen molar-refractivity contribution >= 4 is 12.0 Å². The first-order chi connectivity index (χ1) is 10.7. The summed E-state index contributed by atoms with van der Waals surface area (Å²) in [6.45, 7) is 0.935. The monoisotopic (exact) mass is 301 g/mol. The van der Waals surface area contributed by atoms with Gasteiger partial charge in [0.2, 0.25) is 0 Å². The van der Waals surface area contributed by atoms with Gasteiger partial charge in [0.25, 0.3) is 0 Å². The fourth-order valence-electron chi connectivity index (χ4n) is 4.65. The van der Waals surface area contributed by atoms with Crippen LogP contribution in [0, 0.1) is 17.7 Å². The topological polar surface area (TPSA) is 29.5 Å². The summed E-state index contributed by atoms with van der Waals surface area (Å²) in [5.74, 6) is -0.0594. The van der Waals surface area contributed by atoms with Gasteiger partial charge < -0.3 is 4.74 Å². The predicted molar refractivity (Wildman–Crippen MR) is 81.5 cm³/mol. The van der Waals surface area contributed by atoms with Crippen LogP contribution in [0.15, 0.2) is 29.8 Å². The van der Waals surface area contributed by atoms with Crippen LogP contribution in [0.25, 0.3) is 6.08 Å². The molecule has 22 heavy (non-hydrogen) atoms. The number of hydrogen-bond acceptors (Lipinski definition) is 3. The molecule has 3 nitrogen and oxygen atoms in total. The number of fused-ring (bicyclic) bond motifs is 1. The summed E-state index contributed by atoms with van der Waals surface area (Å²) in [4.78, 5) is 14.7. The van der Waals surface area contributed by atoms with Gasteiger partial charge in [-0.2, -0.15) is 0 Å². The van der Waals surface area contributed by atoms with Crippen molar-refractivity contribution in [3.05, 3.63) is 41.2 Å². The third kappa shape index (κ3) is 2.09. The normalized spacial score (nSPS) is 37.5. The highest BCUT2D eigenvalue weighted by Crippen LogP contribution is 2.50. The van der Waals surface area contributed by atoms with Crippen molar-refractivity contribution in [1.82, 2.24) is 4.90 Å². The Hall–Kier alpha value is -1.68. The van der Waals surface area contributed by atoms with Crippen molar-refractivity contribution in [3.8, 4) is 0 Å². The Morgan fingerprint density at radius 1 is 1.32 bits per heavy atom. The summed E-state index contributed by atoms with van der Waals surface area (Å²) in [6, 6.07) is 7.52. The van der Waals surface area contributed by atoms with E-state index in [0.717, 1.165) is 24.9 Å². The highest BCUT2D eigenvalue weighted by atomic mass is 19.1. The second-order valence-electron chi connectivity index (χ2n) is 6.63. The number of rotatable bonds is 2. The minimum absolute atomic E-state index is 0.0378. The third-order valence-electron chi connectivity index (χ3n) is 5.60. The molecule has 1 aromatic carbocycles. The second kappa shape index (κ2) is 5.20. The van der Waals surface area contributed by atoms with Crippen molar-refractivity contribution in [2.24, 2.45) is 11.8 Å². The zero-order valence-electron chi connectivity index (χ0n) is 12.7. The molecular formula is C18H20FNO2. The number of benzene rings is 1. The van der Waals surface area contributed by atoms with Crippen molar-refractivity contribution < 1.29 is 13.9 Å². The van der Waals surface area contributed by atoms with Gasteiger partial charge in [-0.15, -0.1) is 0 Å². The fraction of sp³-hybridized carbons (Fsp3) is 0.500. The molecule has 4 heteroatoms. The van der Waals surface area contributed by atoms with Crippen molar-refractivity contribution in [2.45, 2.75) is 31.3 Å². The molecule has 4 heterocycles. The smallest absolute Gasteiger partial charge is 0.310 e. The zero-order valence-corrected chi connectivity index (χ0v) is 12.7. The van der Waals surface area contributed by atoms with E-state index in [4.69, 9.17) is 4.74 Å². The Morgan fingerprint density at radius 3 is 2.82 bits per heavy atom. The number of carbonyl (C=O) groups is 1. The van der Waals surface area contributed by atoms with E-state index in [1.807, 2.05) is 0 Å². The number of ether oxygens (including phenoxy) is 1. The van der Waals surface area contributed by atoms with Crippen LogP contribution < -0.4 is 0 Å². The molecule has 5 rings (SSSR count). The van der Waals surface area contributed by atoms with E-state index in [-0.39, 0.29) is 23.6 Å². The molecule has 0 spiro atoms. The number of methoxy groups -OCH3 is 1. The first-order valence-electron chi connectivity index (χ1n) is 7.97. The van der Waals surface area contributed by atoms with E-state index in [0.29, 0.717) is 12.1 Å². The van der Waals surface area contributed by atoms with Gasteiger partial charge >= 0.3 is 5.97 Å². The molecule has 0 aliphatic carbocycles. The maximum Gasteiger partial charge on any atom is 0.310 e. The highest BCUT2D eigenvalue weighted by molar-refractivity contribution is 5.75. The van der Waals surface area contributed by atoms with Gasteiger partial charge in [-0.1, -0.05) is 23.8 Å². The summed E-state index contributed by atoms with van der Waals surface area (Å²) in [5, 5.41) is 0. The van der Waals surface area contributed by atoms with Crippen LogP contribution in [0.5, 0.6) is 0 Å². The Morgan fingerprint density at radius 2 is 2.09 bits per heavy atom. The number of piperidine rings is 3. The lowest BCUT2D eigenvalue weighted by Crippen LogP contribution is -2.58. The summed E-state index contributed by atoms with van der Waals surface area (Å²) in [5.41, 5.74) is 2.29. The molecule has 4 bridgehead atoms. The molecule has 4 fully saturated rings. The van der Waals surface area contributed by atoms with Gasteiger partial charge in [0.15, 0.2) is 0 Å². The summed E-state index contributed by atoms with van der Waals surface area (Å²) < 4.78 is 18.1. The Bertz CT molecular complexity index is 624. The maximum absolute atomic E-state index is 13.0. The van der Waals surface area contributed by atoms with E-state index in [2.05, 4.69) is 11.0 Å². The molecule has 0 amide bonds. The Balaban J connectivity index is 1.68. The van der Waals surface area contributed by atoms with E-state index in [1.165, 1.54) is 31.2 Å². The van der Waals surface area contributed by atoms with Crippen LogP contribution in [0.4, 0.5) is 4.39 Å². The number of halogens is 1. The Labute approximate surface area is 129 Å². The minimum Gasteiger partial charge on any atom is -0.469 e. The highest BCUT2D eigenvalue weighted by Gasteiger charge is 2.55. The number of carbonyl (C=O) groups excluding carboxylic acids is 1. The molecule has 0 saturated carbocycles. The average Bonchev–Trinajstić information content (AvgIpc) is 2.84. The molecule has 116 valence electrons. The summed E-state index contributed by atoms with van der Waals surface area (Å²) in [6.07, 6.45) is 5.47. The number of nitrogens with zero attached hydrogens (tertiary/aromatic N) is 1. The number of esters is 1. The lowest BCUT2D eigenvalue weighted by molar-refractivity contribution is -0.153. The molecule has 4 aliphatic heterocycles. The van der Waals surface area contributed by atoms with Gasteiger partial charge in [0.1, 0.15) is 5.82 Å². The maximum atomic E-state index is 13.0. The van der Waals surface area contributed by atoms with Crippen LogP contribution in [0.1, 0.15) is 24.8 Å². The molecule has 5 atom stereocenters. The van der Waals surface area contributed by atoms with E-state index < -0.39 is 0 Å². The quantitative estimate of drug-likeness (QED) is 0.787. The third-order valence-corrected chi connectivity index (χ3v) is 5.60. The second-order valence-corrected chi connectivity index (χ2v) is 6.63. The zero-order chi connectivity index (χ0) is 15.3. The molecule has 4 aliphatic rings. The van der Waals surface area contributed by atoms with E-state index in [1.54, 1.807) is 12.1 Å². The van der Waals surface area contributed by atoms with Crippen molar-refractivity contribution in [1.29, 1.82) is 0 Å². The molecule has 0 N–H and O–H groups in total. The number of hydrogen-bond donors (Lipinski definition) is 0. The molecular weight excluding hydrogens is 281 g/mol. The van der Waals surface area contributed by atoms with Crippen LogP contribution in [0.3, 0.4) is 0 Å². The molecule has 0 radical (unpaired) electrons. The fourth-order valence-corrected chi connectivity index (χ4v) is 4.65. The van der Waals surface area contributed by atoms with Gasteiger partial charge in [-0.3, -0.25) is 9.69 Å². The van der Waals surface area contributed by atoms with Gasteiger partial charge in [0.05, 0.1) is 13.0 Å². The first kappa shape index (κ1) is 13.9. The average molecular weight is 301 g/mol. The Kier molecular flexibility index (Phi) is 3.30. The van der Waals surface area contributed by atoms with E-state index in [9.17, 15) is 9.18 Å². The lowest BCUT2D eigenvalue weighted by atomic mass is 9.71. The van der Waals surface area contributed by atoms with Gasteiger partial charge in [-0.05, 0) is 42.9 Å². The molecule has 4 saturated heterocycles. The van der Waals surface area contributed by atoms with Crippen LogP contribution in [-0.2, 0) is 9.53 Å². The summed E-state index contributed by atoms with van der Waals surface area (Å²) in [7, 11) is 1.48. The van der Waals surface area contributed by atoms with Gasteiger partial charge in [-0.25, -0.2) is 4.39 Å². The minimum atomic E-state index is -0.221. The molecule has 0 aromatic heterocycles. The van der Waals surface area contributed by atoms with Crippen LogP contribution >= 0.6 is 0 Å².